The van der Waals surface area contributed by atoms with Gasteiger partial charge in [0.1, 0.15) is 12.0 Å². The van der Waals surface area contributed by atoms with Crippen molar-refractivity contribution in [2.24, 2.45) is 11.8 Å². The summed E-state index contributed by atoms with van der Waals surface area (Å²) in [4.78, 5) is 24.6. The Kier molecular flexibility index (Phi) is 7.97. The first-order chi connectivity index (χ1) is 11.3. The Hall–Kier alpha value is -1.32. The van der Waals surface area contributed by atoms with E-state index in [0.29, 0.717) is 0 Å². The molecule has 4 atom stereocenters. The maximum Gasteiger partial charge on any atom is 0.313 e. The van der Waals surface area contributed by atoms with Gasteiger partial charge in [-0.1, -0.05) is 45.3 Å². The summed E-state index contributed by atoms with van der Waals surface area (Å²) >= 11 is 0. The second-order valence-corrected chi connectivity index (χ2v) is 12.5. The highest BCUT2D eigenvalue weighted by atomic mass is 28.3. The van der Waals surface area contributed by atoms with E-state index < -0.39 is 38.0 Å². The molecule has 0 aromatic rings. The molecule has 1 rings (SSSR count). The molecule has 0 radical (unpaired) electrons. The van der Waals surface area contributed by atoms with Gasteiger partial charge in [0.25, 0.3) is 0 Å². The average Bonchev–Trinajstić information content (AvgIpc) is 2.93. The molecule has 1 fully saturated rings. The van der Waals surface area contributed by atoms with Gasteiger partial charge in [-0.25, -0.2) is 0 Å². The molecule has 1 heterocycles. The normalized spacial score (nSPS) is 26.4. The largest absolute Gasteiger partial charge is 0.469 e. The minimum absolute atomic E-state index is 0.316. The summed E-state index contributed by atoms with van der Waals surface area (Å²) < 4.78 is 15.9. The van der Waals surface area contributed by atoms with Crippen molar-refractivity contribution in [1.82, 2.24) is 0 Å². The van der Waals surface area contributed by atoms with Crippen molar-refractivity contribution in [2.45, 2.75) is 64.1 Å². The third-order valence-corrected chi connectivity index (χ3v) is 6.48. The van der Waals surface area contributed by atoms with Gasteiger partial charge < -0.3 is 14.2 Å². The Labute approximate surface area is 146 Å². The molecule has 1 aliphatic rings. The molecule has 5 nitrogen and oxygen atoms in total. The van der Waals surface area contributed by atoms with E-state index in [-0.39, 0.29) is 5.73 Å². The van der Waals surface area contributed by atoms with Crippen LogP contribution in [0.2, 0.25) is 19.6 Å². The van der Waals surface area contributed by atoms with Gasteiger partial charge in [-0.15, -0.1) is 5.92 Å². The number of carbonyl (C=O) groups is 2. The smallest absolute Gasteiger partial charge is 0.313 e. The van der Waals surface area contributed by atoms with Gasteiger partial charge in [0.05, 0.1) is 33.9 Å². The van der Waals surface area contributed by atoms with Crippen molar-refractivity contribution in [3.8, 4) is 11.8 Å². The Balaban J connectivity index is 3.08. The lowest BCUT2D eigenvalue weighted by molar-refractivity contribution is -0.156. The van der Waals surface area contributed by atoms with Crippen LogP contribution in [0.15, 0.2) is 0 Å². The van der Waals surface area contributed by atoms with Crippen molar-refractivity contribution in [2.75, 3.05) is 14.2 Å². The molecule has 24 heavy (non-hydrogen) atoms. The number of unbranched alkanes of at least 4 members (excludes halogenated alkanes) is 3. The van der Waals surface area contributed by atoms with Gasteiger partial charge in [-0.3, -0.25) is 9.59 Å². The number of hydrogen-bond donors (Lipinski definition) is 0. The average molecular weight is 355 g/mol. The van der Waals surface area contributed by atoms with Crippen LogP contribution in [0, 0.1) is 23.7 Å². The number of methoxy groups -OCH3 is 2. The summed E-state index contributed by atoms with van der Waals surface area (Å²) in [5.74, 6) is 3.90. The van der Waals surface area contributed by atoms with Gasteiger partial charge in [0, 0.05) is 6.42 Å². The monoisotopic (exact) mass is 354 g/mol. The predicted molar refractivity (Wildman–Crippen MR) is 94.9 cm³/mol. The molecule has 136 valence electrons. The predicted octanol–water partition coefficient (Wildman–Crippen LogP) is 2.79. The van der Waals surface area contributed by atoms with Crippen LogP contribution < -0.4 is 0 Å². The van der Waals surface area contributed by atoms with E-state index >= 15 is 0 Å². The number of carbonyl (C=O) groups excluding carboxylic acids is 2. The van der Waals surface area contributed by atoms with Crippen LogP contribution in [0.25, 0.3) is 0 Å². The van der Waals surface area contributed by atoms with Gasteiger partial charge >= 0.3 is 11.9 Å². The summed E-state index contributed by atoms with van der Waals surface area (Å²) in [6, 6.07) is 0. The first-order valence-electron chi connectivity index (χ1n) is 8.57. The number of esters is 2. The lowest BCUT2D eigenvalue weighted by atomic mass is 9.90. The van der Waals surface area contributed by atoms with Crippen molar-refractivity contribution >= 4 is 20.0 Å². The van der Waals surface area contributed by atoms with E-state index in [1.165, 1.54) is 14.2 Å². The Bertz CT molecular complexity index is 500. The van der Waals surface area contributed by atoms with Crippen LogP contribution >= 0.6 is 0 Å². The summed E-state index contributed by atoms with van der Waals surface area (Å²) in [5, 5.41) is 0. The zero-order valence-electron chi connectivity index (χ0n) is 15.7. The molecule has 1 aliphatic heterocycles. The minimum Gasteiger partial charge on any atom is -0.469 e. The molecule has 0 N–H and O–H groups in total. The molecule has 0 saturated carbocycles. The number of rotatable bonds is 6. The molecule has 0 unspecified atom stereocenters. The van der Waals surface area contributed by atoms with Crippen LogP contribution in [-0.2, 0) is 23.8 Å². The lowest BCUT2D eigenvalue weighted by Gasteiger charge is -2.28. The van der Waals surface area contributed by atoms with Gasteiger partial charge in [-0.2, -0.15) is 0 Å². The van der Waals surface area contributed by atoms with E-state index in [1.54, 1.807) is 0 Å². The minimum atomic E-state index is -1.87. The van der Waals surface area contributed by atoms with Crippen LogP contribution in [-0.4, -0.2) is 46.1 Å². The Morgan fingerprint density at radius 2 is 1.62 bits per heavy atom. The molecule has 0 bridgehead atoms. The third-order valence-electron chi connectivity index (χ3n) is 4.28. The first kappa shape index (κ1) is 20.7. The molecule has 0 aliphatic carbocycles. The second kappa shape index (κ2) is 9.24. The highest BCUT2D eigenvalue weighted by Crippen LogP contribution is 2.38. The number of hydrogen-bond acceptors (Lipinski definition) is 5. The summed E-state index contributed by atoms with van der Waals surface area (Å²) in [6.07, 6.45) is 3.44. The Morgan fingerprint density at radius 1 is 1.04 bits per heavy atom. The van der Waals surface area contributed by atoms with Crippen molar-refractivity contribution in [3.05, 3.63) is 0 Å². The van der Waals surface area contributed by atoms with Crippen molar-refractivity contribution in [3.63, 3.8) is 0 Å². The lowest BCUT2D eigenvalue weighted by Crippen LogP contribution is -2.47. The van der Waals surface area contributed by atoms with Gasteiger partial charge in [0.2, 0.25) is 0 Å². The van der Waals surface area contributed by atoms with E-state index in [0.717, 1.165) is 25.7 Å². The maximum absolute atomic E-state index is 12.3. The van der Waals surface area contributed by atoms with E-state index in [1.807, 2.05) is 0 Å². The molecular weight excluding hydrogens is 324 g/mol. The highest BCUT2D eigenvalue weighted by Gasteiger charge is 2.56. The molecule has 0 amide bonds. The van der Waals surface area contributed by atoms with Crippen molar-refractivity contribution in [1.29, 1.82) is 0 Å². The fourth-order valence-corrected chi connectivity index (χ4v) is 4.99. The van der Waals surface area contributed by atoms with Crippen LogP contribution in [0.4, 0.5) is 0 Å². The van der Waals surface area contributed by atoms with Crippen molar-refractivity contribution < 1.29 is 23.8 Å². The SMILES string of the molecule is CCCCCC#C[C@H]1O[C@@H]([Si](C)(C)C)[C@H](C(=O)OC)[C@@H]1C(=O)OC. The summed E-state index contributed by atoms with van der Waals surface area (Å²) in [7, 11) is 0.791. The second-order valence-electron chi connectivity index (χ2n) is 7.22. The third kappa shape index (κ3) is 5.09. The standard InChI is InChI=1S/C18H30O5Si/c1-7-8-9-10-11-12-13-14(16(19)21-2)15(17(20)22-3)18(23-13)24(4,5)6/h13-15,18H,7-10H2,1-6H3/t13-,14-,15+,18+/m1/s1. The van der Waals surface area contributed by atoms with E-state index in [2.05, 4.69) is 38.4 Å². The van der Waals surface area contributed by atoms with Gasteiger partial charge in [-0.05, 0) is 6.42 Å². The molecule has 0 aromatic heterocycles. The fraction of sp³-hybridized carbons (Fsp3) is 0.778. The topological polar surface area (TPSA) is 61.8 Å². The van der Waals surface area contributed by atoms with E-state index in [4.69, 9.17) is 14.2 Å². The number of ether oxygens (including phenoxy) is 3. The quantitative estimate of drug-likeness (QED) is 0.318. The van der Waals surface area contributed by atoms with Crippen LogP contribution in [0.5, 0.6) is 0 Å². The molecule has 0 spiro atoms. The summed E-state index contributed by atoms with van der Waals surface area (Å²) in [6.45, 7) is 8.47. The van der Waals surface area contributed by atoms with Gasteiger partial charge in [0.15, 0.2) is 0 Å². The fourth-order valence-electron chi connectivity index (χ4n) is 3.02. The van der Waals surface area contributed by atoms with E-state index in [9.17, 15) is 9.59 Å². The molecular formula is C18H30O5Si. The molecule has 6 heteroatoms. The van der Waals surface area contributed by atoms with Crippen LogP contribution in [0.1, 0.15) is 32.6 Å². The summed E-state index contributed by atoms with van der Waals surface area (Å²) in [5.41, 5.74) is -0.316. The zero-order chi connectivity index (χ0) is 18.3. The van der Waals surface area contributed by atoms with Crippen LogP contribution in [0.3, 0.4) is 0 Å². The first-order valence-corrected chi connectivity index (χ1v) is 12.1. The maximum atomic E-state index is 12.3. The molecule has 0 aromatic carbocycles. The zero-order valence-corrected chi connectivity index (χ0v) is 16.7. The Morgan fingerprint density at radius 3 is 2.12 bits per heavy atom. The highest BCUT2D eigenvalue weighted by molar-refractivity contribution is 6.77. The molecule has 1 saturated heterocycles.